The fourth-order valence-electron chi connectivity index (χ4n) is 3.26. The molecular formula is C21H30Cl2N2O2. The number of hydrogen-bond donors (Lipinski definition) is 0. The van der Waals surface area contributed by atoms with Crippen molar-refractivity contribution >= 4 is 24.8 Å². The third-order valence-corrected chi connectivity index (χ3v) is 4.76. The van der Waals surface area contributed by atoms with Crippen LogP contribution < -0.4 is 4.74 Å². The van der Waals surface area contributed by atoms with E-state index < -0.39 is 0 Å². The Morgan fingerprint density at radius 3 is 2.04 bits per heavy atom. The molecule has 0 radical (unpaired) electrons. The maximum Gasteiger partial charge on any atom is 0.119 e. The van der Waals surface area contributed by atoms with E-state index in [0.717, 1.165) is 51.5 Å². The van der Waals surface area contributed by atoms with Crippen molar-refractivity contribution in [3.63, 3.8) is 0 Å². The summed E-state index contributed by atoms with van der Waals surface area (Å²) in [7, 11) is 1.81. The van der Waals surface area contributed by atoms with E-state index in [1.165, 1.54) is 5.56 Å². The number of halogens is 2. The number of ether oxygens (including phenoxy) is 2. The molecule has 1 aliphatic heterocycles. The molecule has 3 rings (SSSR count). The molecule has 0 N–H and O–H groups in total. The fourth-order valence-corrected chi connectivity index (χ4v) is 3.26. The van der Waals surface area contributed by atoms with Gasteiger partial charge >= 0.3 is 0 Å². The lowest BCUT2D eigenvalue weighted by Crippen LogP contribution is -2.52. The van der Waals surface area contributed by atoms with Gasteiger partial charge in [-0.2, -0.15) is 0 Å². The minimum Gasteiger partial charge on any atom is -0.492 e. The normalized spacial score (nSPS) is 16.0. The summed E-state index contributed by atoms with van der Waals surface area (Å²) >= 11 is 0. The van der Waals surface area contributed by atoms with Crippen LogP contribution in [-0.4, -0.2) is 62.5 Å². The third-order valence-electron chi connectivity index (χ3n) is 4.76. The van der Waals surface area contributed by atoms with Crippen LogP contribution in [-0.2, 0) is 11.2 Å². The highest BCUT2D eigenvalue weighted by Gasteiger charge is 2.23. The molecule has 1 heterocycles. The smallest absolute Gasteiger partial charge is 0.119 e. The summed E-state index contributed by atoms with van der Waals surface area (Å²) in [5.41, 5.74) is 1.33. The Bertz CT molecular complexity index is 608. The Morgan fingerprint density at radius 1 is 0.852 bits per heavy atom. The summed E-state index contributed by atoms with van der Waals surface area (Å²) in [6.07, 6.45) is 1.10. The first-order valence-electron chi connectivity index (χ1n) is 9.06. The van der Waals surface area contributed by atoms with E-state index in [1.54, 1.807) is 0 Å². The molecule has 150 valence electrons. The molecule has 6 heteroatoms. The van der Waals surface area contributed by atoms with Crippen molar-refractivity contribution < 1.29 is 9.47 Å². The summed E-state index contributed by atoms with van der Waals surface area (Å²) in [4.78, 5) is 4.91. The zero-order valence-electron chi connectivity index (χ0n) is 15.8. The fraction of sp³-hybridized carbons (Fsp3) is 0.429. The molecule has 0 aromatic heterocycles. The predicted molar refractivity (Wildman–Crippen MR) is 115 cm³/mol. The van der Waals surface area contributed by atoms with Gasteiger partial charge in [0, 0.05) is 46.3 Å². The van der Waals surface area contributed by atoms with Crippen LogP contribution in [0, 0.1) is 0 Å². The molecule has 1 fully saturated rings. The molecule has 0 saturated carbocycles. The van der Waals surface area contributed by atoms with Gasteiger partial charge < -0.3 is 9.47 Å². The SMILES string of the molecule is COC(Cc1ccccc1)N1CCN(CCOc2ccccc2)CC1.Cl.Cl. The van der Waals surface area contributed by atoms with Crippen molar-refractivity contribution in [2.24, 2.45) is 0 Å². The second kappa shape index (κ2) is 13.0. The summed E-state index contributed by atoms with van der Waals surface area (Å²) in [5.74, 6) is 0.948. The maximum atomic E-state index is 5.80. The quantitative estimate of drug-likeness (QED) is 0.658. The minimum atomic E-state index is 0. The number of benzene rings is 2. The van der Waals surface area contributed by atoms with Crippen molar-refractivity contribution in [2.45, 2.75) is 12.6 Å². The second-order valence-electron chi connectivity index (χ2n) is 6.42. The Morgan fingerprint density at radius 2 is 1.44 bits per heavy atom. The summed E-state index contributed by atoms with van der Waals surface area (Å²) in [6.45, 7) is 5.91. The molecule has 4 nitrogen and oxygen atoms in total. The second-order valence-corrected chi connectivity index (χ2v) is 6.42. The minimum absolute atomic E-state index is 0. The van der Waals surface area contributed by atoms with Crippen LogP contribution >= 0.6 is 24.8 Å². The van der Waals surface area contributed by atoms with Gasteiger partial charge in [-0.25, -0.2) is 0 Å². The van der Waals surface area contributed by atoms with E-state index in [0.29, 0.717) is 0 Å². The molecule has 2 aromatic rings. The first-order valence-corrected chi connectivity index (χ1v) is 9.06. The molecule has 0 amide bonds. The van der Waals surface area contributed by atoms with Crippen LogP contribution in [0.1, 0.15) is 5.56 Å². The lowest BCUT2D eigenvalue weighted by atomic mass is 10.1. The monoisotopic (exact) mass is 412 g/mol. The Labute approximate surface area is 175 Å². The molecule has 1 atom stereocenters. The van der Waals surface area contributed by atoms with Crippen LogP contribution in [0.5, 0.6) is 5.75 Å². The van der Waals surface area contributed by atoms with Gasteiger partial charge in [-0.05, 0) is 17.7 Å². The van der Waals surface area contributed by atoms with E-state index >= 15 is 0 Å². The summed E-state index contributed by atoms with van der Waals surface area (Å²) in [5, 5.41) is 0. The molecule has 1 saturated heterocycles. The van der Waals surface area contributed by atoms with Gasteiger partial charge in [0.05, 0.1) is 0 Å². The number of nitrogens with zero attached hydrogens (tertiary/aromatic N) is 2. The van der Waals surface area contributed by atoms with E-state index in [9.17, 15) is 0 Å². The van der Waals surface area contributed by atoms with Crippen molar-refractivity contribution in [3.8, 4) is 5.75 Å². The Kier molecular flexibility index (Phi) is 11.4. The van der Waals surface area contributed by atoms with Crippen LogP contribution in [0.15, 0.2) is 60.7 Å². The van der Waals surface area contributed by atoms with Crippen molar-refractivity contribution in [3.05, 3.63) is 66.2 Å². The average molecular weight is 413 g/mol. The average Bonchev–Trinajstić information content (AvgIpc) is 2.68. The molecule has 27 heavy (non-hydrogen) atoms. The lowest BCUT2D eigenvalue weighted by molar-refractivity contribution is -0.0534. The number of hydrogen-bond acceptors (Lipinski definition) is 4. The largest absolute Gasteiger partial charge is 0.492 e. The van der Waals surface area contributed by atoms with Crippen molar-refractivity contribution in [1.82, 2.24) is 9.80 Å². The summed E-state index contributed by atoms with van der Waals surface area (Å²) in [6, 6.07) is 20.6. The van der Waals surface area contributed by atoms with Crippen LogP contribution in [0.4, 0.5) is 0 Å². The van der Waals surface area contributed by atoms with E-state index in [-0.39, 0.29) is 31.0 Å². The Balaban J connectivity index is 0.00000182. The summed E-state index contributed by atoms with van der Waals surface area (Å²) < 4.78 is 11.6. The first kappa shape index (κ1) is 23.7. The predicted octanol–water partition coefficient (Wildman–Crippen LogP) is 3.74. The number of para-hydroxylation sites is 1. The van der Waals surface area contributed by atoms with Crippen LogP contribution in [0.3, 0.4) is 0 Å². The lowest BCUT2D eigenvalue weighted by Gasteiger charge is -2.38. The van der Waals surface area contributed by atoms with E-state index in [1.807, 2.05) is 37.4 Å². The highest BCUT2D eigenvalue weighted by atomic mass is 35.5. The highest BCUT2D eigenvalue weighted by molar-refractivity contribution is 5.85. The number of piperazine rings is 1. The molecule has 0 spiro atoms. The van der Waals surface area contributed by atoms with Gasteiger partial charge in [0.1, 0.15) is 18.6 Å². The van der Waals surface area contributed by atoms with Gasteiger partial charge in [-0.1, -0.05) is 48.5 Å². The molecule has 2 aromatic carbocycles. The van der Waals surface area contributed by atoms with Crippen LogP contribution in [0.2, 0.25) is 0 Å². The van der Waals surface area contributed by atoms with Gasteiger partial charge in [-0.3, -0.25) is 9.80 Å². The first-order chi connectivity index (χ1) is 12.3. The van der Waals surface area contributed by atoms with Gasteiger partial charge in [0.25, 0.3) is 0 Å². The van der Waals surface area contributed by atoms with Crippen molar-refractivity contribution in [1.29, 1.82) is 0 Å². The Hall–Kier alpha value is -1.30. The molecule has 1 unspecified atom stereocenters. The van der Waals surface area contributed by atoms with Gasteiger partial charge in [-0.15, -0.1) is 24.8 Å². The van der Waals surface area contributed by atoms with E-state index in [4.69, 9.17) is 9.47 Å². The molecule has 0 aliphatic carbocycles. The number of rotatable bonds is 8. The molecule has 0 bridgehead atoms. The zero-order valence-corrected chi connectivity index (χ0v) is 17.5. The maximum absolute atomic E-state index is 5.80. The van der Waals surface area contributed by atoms with Gasteiger partial charge in [0.15, 0.2) is 0 Å². The van der Waals surface area contributed by atoms with Crippen LogP contribution in [0.25, 0.3) is 0 Å². The zero-order chi connectivity index (χ0) is 17.3. The highest BCUT2D eigenvalue weighted by Crippen LogP contribution is 2.13. The standard InChI is InChI=1S/C21H28N2O2.2ClH/c1-24-21(18-19-8-4-2-5-9-19)23-14-12-22(13-15-23)16-17-25-20-10-6-3-7-11-20;;/h2-11,21H,12-18H2,1H3;2*1H. The number of methoxy groups -OCH3 is 1. The molecular weight excluding hydrogens is 383 g/mol. The topological polar surface area (TPSA) is 24.9 Å². The third kappa shape index (κ3) is 7.68. The van der Waals surface area contributed by atoms with Gasteiger partial charge in [0.2, 0.25) is 0 Å². The molecule has 1 aliphatic rings. The van der Waals surface area contributed by atoms with E-state index in [2.05, 4.69) is 40.1 Å². The van der Waals surface area contributed by atoms with Crippen molar-refractivity contribution in [2.75, 3.05) is 46.4 Å².